The Hall–Kier alpha value is -2.02. The van der Waals surface area contributed by atoms with Gasteiger partial charge in [-0.15, -0.1) is 0 Å². The van der Waals surface area contributed by atoms with E-state index < -0.39 is 0 Å². The van der Waals surface area contributed by atoms with Gasteiger partial charge in [0.15, 0.2) is 0 Å². The van der Waals surface area contributed by atoms with Crippen molar-refractivity contribution in [1.82, 2.24) is 20.2 Å². The number of rotatable bonds is 7. The van der Waals surface area contributed by atoms with Gasteiger partial charge >= 0.3 is 0 Å². The maximum Gasteiger partial charge on any atom is 0.224 e. The first-order chi connectivity index (χ1) is 13.1. The normalized spacial score (nSPS) is 19.7. The van der Waals surface area contributed by atoms with Crippen molar-refractivity contribution in [1.29, 1.82) is 0 Å². The van der Waals surface area contributed by atoms with Crippen LogP contribution in [0.3, 0.4) is 0 Å². The molecule has 148 valence electrons. The molecule has 0 spiro atoms. The molecule has 1 N–H and O–H groups in total. The quantitative estimate of drug-likeness (QED) is 0.775. The second-order valence-corrected chi connectivity index (χ2v) is 7.47. The first-order valence-corrected chi connectivity index (χ1v) is 9.98. The number of methoxy groups -OCH3 is 1. The van der Waals surface area contributed by atoms with E-state index >= 15 is 0 Å². The summed E-state index contributed by atoms with van der Waals surface area (Å²) in [6, 6.07) is 0. The smallest absolute Gasteiger partial charge is 0.224 e. The summed E-state index contributed by atoms with van der Waals surface area (Å²) in [5.41, 5.74) is 3.59. The van der Waals surface area contributed by atoms with Crippen molar-refractivity contribution in [2.45, 2.75) is 51.9 Å². The largest absolute Gasteiger partial charge is 0.383 e. The number of hydrogen-bond acceptors (Lipinski definition) is 5. The number of aromatic nitrogens is 2. The lowest BCUT2D eigenvalue weighted by atomic mass is 9.95. The maximum absolute atomic E-state index is 12.5. The van der Waals surface area contributed by atoms with Gasteiger partial charge in [-0.1, -0.05) is 0 Å². The van der Waals surface area contributed by atoms with E-state index in [9.17, 15) is 9.59 Å². The third-order valence-corrected chi connectivity index (χ3v) is 5.52. The Labute approximate surface area is 160 Å². The average molecular weight is 374 g/mol. The monoisotopic (exact) mass is 374 g/mol. The van der Waals surface area contributed by atoms with Crippen molar-refractivity contribution in [3.63, 3.8) is 0 Å². The second kappa shape index (κ2) is 9.26. The molecule has 7 heteroatoms. The van der Waals surface area contributed by atoms with Crippen molar-refractivity contribution < 1.29 is 14.3 Å². The van der Waals surface area contributed by atoms with E-state index in [4.69, 9.17) is 9.72 Å². The number of likely N-dealkylation sites (tertiary alicyclic amines) is 1. The molecule has 0 aromatic carbocycles. The van der Waals surface area contributed by atoms with E-state index in [-0.39, 0.29) is 17.7 Å². The molecule has 0 bridgehead atoms. The minimum absolute atomic E-state index is 0.0135. The van der Waals surface area contributed by atoms with Crippen molar-refractivity contribution >= 4 is 11.8 Å². The van der Waals surface area contributed by atoms with Gasteiger partial charge in [0.25, 0.3) is 0 Å². The molecule has 1 saturated heterocycles. The van der Waals surface area contributed by atoms with Crippen LogP contribution in [0.1, 0.15) is 48.5 Å². The van der Waals surface area contributed by atoms with Crippen molar-refractivity contribution in [2.75, 3.05) is 33.4 Å². The molecule has 1 unspecified atom stereocenters. The molecule has 1 aliphatic carbocycles. The fourth-order valence-electron chi connectivity index (χ4n) is 3.94. The molecule has 0 saturated carbocycles. The number of carbonyl (C=O) groups excluding carboxylic acids is 2. The highest BCUT2D eigenvalue weighted by Crippen LogP contribution is 2.22. The molecule has 1 atom stereocenters. The van der Waals surface area contributed by atoms with E-state index in [0.717, 1.165) is 24.4 Å². The van der Waals surface area contributed by atoms with Gasteiger partial charge in [0.2, 0.25) is 11.8 Å². The number of carbonyl (C=O) groups is 2. The average Bonchev–Trinajstić information content (AvgIpc) is 2.67. The highest BCUT2D eigenvalue weighted by molar-refractivity contribution is 5.83. The van der Waals surface area contributed by atoms with Crippen LogP contribution in [-0.4, -0.2) is 60.0 Å². The molecule has 1 fully saturated rings. The molecule has 0 radical (unpaired) electrons. The summed E-state index contributed by atoms with van der Waals surface area (Å²) < 4.78 is 5.04. The molecule has 1 aliphatic heterocycles. The van der Waals surface area contributed by atoms with E-state index in [2.05, 4.69) is 17.2 Å². The lowest BCUT2D eigenvalue weighted by Gasteiger charge is -2.31. The van der Waals surface area contributed by atoms with Crippen LogP contribution in [0.25, 0.3) is 0 Å². The van der Waals surface area contributed by atoms with Crippen LogP contribution in [0.15, 0.2) is 0 Å². The Morgan fingerprint density at radius 3 is 2.89 bits per heavy atom. The van der Waals surface area contributed by atoms with Gasteiger partial charge in [0.05, 0.1) is 12.5 Å². The first kappa shape index (κ1) is 19.7. The van der Waals surface area contributed by atoms with Gasteiger partial charge in [-0.3, -0.25) is 9.59 Å². The molecule has 2 aliphatic rings. The predicted octanol–water partition coefficient (Wildman–Crippen LogP) is 1.21. The van der Waals surface area contributed by atoms with E-state index in [1.807, 2.05) is 0 Å². The SMILES string of the molecule is COCCN1CC(C(=O)NCCc2nc(C)c3c(n2)CCCC3)CCC1=O. The van der Waals surface area contributed by atoms with Gasteiger partial charge in [-0.05, 0) is 44.6 Å². The van der Waals surface area contributed by atoms with Crippen LogP contribution in [0, 0.1) is 12.8 Å². The molecular formula is C20H30N4O3. The maximum atomic E-state index is 12.5. The number of aryl methyl sites for hydroxylation is 2. The zero-order valence-corrected chi connectivity index (χ0v) is 16.4. The third-order valence-electron chi connectivity index (χ3n) is 5.52. The second-order valence-electron chi connectivity index (χ2n) is 7.47. The summed E-state index contributed by atoms with van der Waals surface area (Å²) in [5, 5.41) is 3.00. The summed E-state index contributed by atoms with van der Waals surface area (Å²) in [7, 11) is 1.61. The third kappa shape index (κ3) is 5.03. The Bertz CT molecular complexity index is 692. The van der Waals surface area contributed by atoms with Crippen LogP contribution >= 0.6 is 0 Å². The molecule has 7 nitrogen and oxygen atoms in total. The Morgan fingerprint density at radius 1 is 1.26 bits per heavy atom. The highest BCUT2D eigenvalue weighted by atomic mass is 16.5. The molecule has 1 aromatic rings. The summed E-state index contributed by atoms with van der Waals surface area (Å²) in [5.74, 6) is 0.786. The van der Waals surface area contributed by atoms with Crippen molar-refractivity contribution in [3.05, 3.63) is 22.8 Å². The zero-order valence-electron chi connectivity index (χ0n) is 16.4. The van der Waals surface area contributed by atoms with Crippen LogP contribution in [0.2, 0.25) is 0 Å². The fourth-order valence-corrected chi connectivity index (χ4v) is 3.94. The molecular weight excluding hydrogens is 344 g/mol. The van der Waals surface area contributed by atoms with Gasteiger partial charge in [0, 0.05) is 51.0 Å². The van der Waals surface area contributed by atoms with Gasteiger partial charge in [-0.25, -0.2) is 9.97 Å². The van der Waals surface area contributed by atoms with Crippen molar-refractivity contribution in [2.24, 2.45) is 5.92 Å². The number of piperidine rings is 1. The standard InChI is InChI=1S/C20H30N4O3/c1-14-16-5-3-4-6-17(16)23-18(22-14)9-10-21-20(26)15-7-8-19(25)24(13-15)11-12-27-2/h15H,3-13H2,1-2H3,(H,21,26). The minimum Gasteiger partial charge on any atom is -0.383 e. The first-order valence-electron chi connectivity index (χ1n) is 9.98. The predicted molar refractivity (Wildman–Crippen MR) is 101 cm³/mol. The number of fused-ring (bicyclic) bond motifs is 1. The van der Waals surface area contributed by atoms with Crippen LogP contribution < -0.4 is 5.32 Å². The Morgan fingerprint density at radius 2 is 2.07 bits per heavy atom. The Kier molecular flexibility index (Phi) is 6.77. The number of hydrogen-bond donors (Lipinski definition) is 1. The van der Waals surface area contributed by atoms with E-state index in [0.29, 0.717) is 45.5 Å². The number of nitrogens with zero attached hydrogens (tertiary/aromatic N) is 3. The topological polar surface area (TPSA) is 84.4 Å². The number of nitrogens with one attached hydrogen (secondary N) is 1. The molecule has 1 aromatic heterocycles. The zero-order chi connectivity index (χ0) is 19.2. The van der Waals surface area contributed by atoms with Gasteiger partial charge < -0.3 is 15.0 Å². The fraction of sp³-hybridized carbons (Fsp3) is 0.700. The van der Waals surface area contributed by atoms with Crippen molar-refractivity contribution in [3.8, 4) is 0 Å². The summed E-state index contributed by atoms with van der Waals surface area (Å²) in [6.07, 6.45) is 6.21. The van der Waals surface area contributed by atoms with Gasteiger partial charge in [0.1, 0.15) is 5.82 Å². The minimum atomic E-state index is -0.147. The van der Waals surface area contributed by atoms with E-state index in [1.165, 1.54) is 24.1 Å². The molecule has 27 heavy (non-hydrogen) atoms. The molecule has 2 amide bonds. The molecule has 2 heterocycles. The van der Waals surface area contributed by atoms with E-state index in [1.54, 1.807) is 12.0 Å². The van der Waals surface area contributed by atoms with Crippen LogP contribution in [0.5, 0.6) is 0 Å². The molecule has 3 rings (SSSR count). The summed E-state index contributed by atoms with van der Waals surface area (Å²) in [4.78, 5) is 35.5. The van der Waals surface area contributed by atoms with Crippen LogP contribution in [0.4, 0.5) is 0 Å². The Balaban J connectivity index is 1.49. The van der Waals surface area contributed by atoms with Crippen LogP contribution in [-0.2, 0) is 33.6 Å². The van der Waals surface area contributed by atoms with Gasteiger partial charge in [-0.2, -0.15) is 0 Å². The number of ether oxygens (including phenoxy) is 1. The summed E-state index contributed by atoms with van der Waals surface area (Å²) in [6.45, 7) is 4.10. The lowest BCUT2D eigenvalue weighted by Crippen LogP contribution is -2.47. The summed E-state index contributed by atoms with van der Waals surface area (Å²) >= 11 is 0. The lowest BCUT2D eigenvalue weighted by molar-refractivity contribution is -0.138. The number of amides is 2. The highest BCUT2D eigenvalue weighted by Gasteiger charge is 2.29.